The Labute approximate surface area is 82.0 Å². The molecule has 0 bridgehead atoms. The van der Waals surface area contributed by atoms with Gasteiger partial charge in [0.2, 0.25) is 6.08 Å². The fourth-order valence-electron chi connectivity index (χ4n) is 1.06. The van der Waals surface area contributed by atoms with Crippen LogP contribution in [0, 0.1) is 0 Å². The van der Waals surface area contributed by atoms with E-state index in [1.165, 1.54) is 6.08 Å². The van der Waals surface area contributed by atoms with Gasteiger partial charge in [0, 0.05) is 16.7 Å². The van der Waals surface area contributed by atoms with Crippen LogP contribution in [0.5, 0.6) is 0 Å². The second-order valence-electron chi connectivity index (χ2n) is 2.42. The largest absolute Gasteiger partial charge is 0.242 e. The fourth-order valence-corrected chi connectivity index (χ4v) is 1.41. The minimum absolute atomic E-state index is 0.369. The van der Waals surface area contributed by atoms with Gasteiger partial charge in [-0.15, -0.1) is 10.1 Å². The molecular weight excluding hydrogens is 234 g/mol. The Balaban J connectivity index is 2.68. The van der Waals surface area contributed by atoms with Gasteiger partial charge >= 0.3 is 0 Å². The third-order valence-corrected chi connectivity index (χ3v) is 2.07. The number of hydrogen-bond acceptors (Lipinski definition) is 3. The minimum atomic E-state index is 0.369. The quantitative estimate of drug-likeness (QED) is 0.563. The van der Waals surface area contributed by atoms with Crippen LogP contribution in [0.3, 0.4) is 0 Å². The zero-order chi connectivity index (χ0) is 9.26. The topological polar surface area (TPSA) is 46.7 Å². The summed E-state index contributed by atoms with van der Waals surface area (Å²) in [5.41, 5.74) is 0.878. The maximum absolute atomic E-state index is 9.97. The molecule has 0 N–H and O–H groups in total. The molecule has 0 atom stereocenters. The zero-order valence-electron chi connectivity index (χ0n) is 6.44. The number of halogens is 1. The van der Waals surface area contributed by atoms with Crippen molar-refractivity contribution < 1.29 is 4.79 Å². The lowest BCUT2D eigenvalue weighted by atomic mass is 10.4. The number of aliphatic imine (C=N–C) groups is 1. The van der Waals surface area contributed by atoms with Crippen LogP contribution >= 0.6 is 15.9 Å². The molecule has 0 aliphatic carbocycles. The van der Waals surface area contributed by atoms with Crippen molar-refractivity contribution in [3.63, 3.8) is 0 Å². The van der Waals surface area contributed by atoms with Crippen molar-refractivity contribution in [1.29, 1.82) is 0 Å². The molecule has 0 aliphatic heterocycles. The van der Waals surface area contributed by atoms with Crippen molar-refractivity contribution in [1.82, 2.24) is 9.61 Å². The molecule has 5 heteroatoms. The van der Waals surface area contributed by atoms with Crippen LogP contribution in [0.25, 0.3) is 5.52 Å². The van der Waals surface area contributed by atoms with E-state index in [-0.39, 0.29) is 0 Å². The van der Waals surface area contributed by atoms with Crippen LogP contribution in [-0.4, -0.2) is 15.7 Å². The monoisotopic (exact) mass is 237 g/mol. The summed E-state index contributed by atoms with van der Waals surface area (Å²) >= 11 is 3.33. The first-order valence-corrected chi connectivity index (χ1v) is 4.32. The van der Waals surface area contributed by atoms with Gasteiger partial charge in [-0.1, -0.05) is 15.9 Å². The second-order valence-corrected chi connectivity index (χ2v) is 3.34. The zero-order valence-corrected chi connectivity index (χ0v) is 8.02. The molecule has 0 spiro atoms. The predicted molar refractivity (Wildman–Crippen MR) is 50.7 cm³/mol. The van der Waals surface area contributed by atoms with Gasteiger partial charge in [0.25, 0.3) is 0 Å². The molecule has 13 heavy (non-hydrogen) atoms. The molecule has 0 radical (unpaired) electrons. The number of fused-ring (bicyclic) bond motifs is 1. The minimum Gasteiger partial charge on any atom is -0.239 e. The summed E-state index contributed by atoms with van der Waals surface area (Å²) in [7, 11) is 0. The van der Waals surface area contributed by atoms with E-state index >= 15 is 0 Å². The molecule has 0 saturated heterocycles. The third-order valence-electron chi connectivity index (χ3n) is 1.57. The van der Waals surface area contributed by atoms with Crippen molar-refractivity contribution >= 4 is 33.3 Å². The van der Waals surface area contributed by atoms with Gasteiger partial charge < -0.3 is 0 Å². The predicted octanol–water partition coefficient (Wildman–Crippen LogP) is 2.06. The number of hydrogen-bond donors (Lipinski definition) is 0. The molecule has 2 aromatic heterocycles. The van der Waals surface area contributed by atoms with Gasteiger partial charge in [0.1, 0.15) is 0 Å². The Bertz CT molecular complexity index is 499. The van der Waals surface area contributed by atoms with Crippen LogP contribution in [0.2, 0.25) is 0 Å². The van der Waals surface area contributed by atoms with Crippen molar-refractivity contribution in [3.05, 3.63) is 28.9 Å². The average Bonchev–Trinajstić information content (AvgIpc) is 2.46. The van der Waals surface area contributed by atoms with E-state index in [0.717, 1.165) is 9.99 Å². The molecule has 2 aromatic rings. The van der Waals surface area contributed by atoms with Gasteiger partial charge in [-0.05, 0) is 12.1 Å². The summed E-state index contributed by atoms with van der Waals surface area (Å²) in [6, 6.07) is 5.45. The first-order valence-electron chi connectivity index (χ1n) is 3.52. The number of nitrogens with zero attached hydrogens (tertiary/aromatic N) is 3. The second kappa shape index (κ2) is 3.12. The summed E-state index contributed by atoms with van der Waals surface area (Å²) in [6.45, 7) is 0. The highest BCUT2D eigenvalue weighted by atomic mass is 79.9. The highest BCUT2D eigenvalue weighted by Crippen LogP contribution is 2.17. The molecule has 0 aliphatic rings. The molecule has 2 rings (SSSR count). The van der Waals surface area contributed by atoms with Gasteiger partial charge in [-0.3, -0.25) is 0 Å². The van der Waals surface area contributed by atoms with Gasteiger partial charge in [0.15, 0.2) is 5.82 Å². The van der Waals surface area contributed by atoms with Crippen LogP contribution in [-0.2, 0) is 4.79 Å². The lowest BCUT2D eigenvalue weighted by Gasteiger charge is -1.91. The molecule has 64 valence electrons. The van der Waals surface area contributed by atoms with Gasteiger partial charge in [-0.2, -0.15) is 0 Å². The molecule has 4 nitrogen and oxygen atoms in total. The number of pyridine rings is 1. The number of isocyanates is 1. The van der Waals surface area contributed by atoms with Crippen molar-refractivity contribution in [2.45, 2.75) is 0 Å². The lowest BCUT2D eigenvalue weighted by Crippen LogP contribution is -1.83. The third kappa shape index (κ3) is 1.52. The Kier molecular flexibility index (Phi) is 1.96. The SMILES string of the molecule is O=C=Nc1cc2cc(Br)ccn2n1. The molecule has 0 unspecified atom stereocenters. The molecule has 0 fully saturated rings. The van der Waals surface area contributed by atoms with E-state index in [9.17, 15) is 4.79 Å². The van der Waals surface area contributed by atoms with Crippen LogP contribution in [0.1, 0.15) is 0 Å². The van der Waals surface area contributed by atoms with E-state index in [2.05, 4.69) is 26.0 Å². The Hall–Kier alpha value is -1.45. The van der Waals surface area contributed by atoms with E-state index in [1.54, 1.807) is 16.8 Å². The summed E-state index contributed by atoms with van der Waals surface area (Å²) in [6.07, 6.45) is 3.23. The van der Waals surface area contributed by atoms with Gasteiger partial charge in [0.05, 0.1) is 5.52 Å². The molecule has 0 amide bonds. The van der Waals surface area contributed by atoms with E-state index in [0.29, 0.717) is 5.82 Å². The lowest BCUT2D eigenvalue weighted by molar-refractivity contribution is 0.565. The van der Waals surface area contributed by atoms with Crippen molar-refractivity contribution in [3.8, 4) is 0 Å². The van der Waals surface area contributed by atoms with E-state index < -0.39 is 0 Å². The number of aromatic nitrogens is 2. The first-order chi connectivity index (χ1) is 6.29. The summed E-state index contributed by atoms with van der Waals surface area (Å²) < 4.78 is 2.60. The summed E-state index contributed by atoms with van der Waals surface area (Å²) in [5, 5.41) is 4.01. The van der Waals surface area contributed by atoms with Crippen LogP contribution in [0.15, 0.2) is 33.9 Å². The van der Waals surface area contributed by atoms with Crippen molar-refractivity contribution in [2.75, 3.05) is 0 Å². The molecule has 2 heterocycles. The highest BCUT2D eigenvalue weighted by molar-refractivity contribution is 9.10. The maximum Gasteiger partial charge on any atom is 0.242 e. The normalized spacial score (nSPS) is 9.92. The van der Waals surface area contributed by atoms with Crippen LogP contribution in [0.4, 0.5) is 5.82 Å². The average molecular weight is 238 g/mol. The summed E-state index contributed by atoms with van der Waals surface area (Å²) in [4.78, 5) is 13.4. The Morgan fingerprint density at radius 2 is 2.38 bits per heavy atom. The highest BCUT2D eigenvalue weighted by Gasteiger charge is 1.99. The van der Waals surface area contributed by atoms with E-state index in [4.69, 9.17) is 0 Å². The standard InChI is InChI=1S/C8H4BrN3O/c9-6-1-2-12-7(3-6)4-8(11-12)10-5-13/h1-4H. The van der Waals surface area contributed by atoms with E-state index in [1.807, 2.05) is 12.1 Å². The first kappa shape index (κ1) is 8.16. The smallest absolute Gasteiger partial charge is 0.239 e. The number of rotatable bonds is 1. The summed E-state index contributed by atoms with van der Waals surface area (Å²) in [5.74, 6) is 0.369. The fraction of sp³-hybridized carbons (Fsp3) is 0. The van der Waals surface area contributed by atoms with Gasteiger partial charge in [-0.25, -0.2) is 9.31 Å². The Morgan fingerprint density at radius 3 is 3.15 bits per heavy atom. The van der Waals surface area contributed by atoms with Crippen molar-refractivity contribution in [2.24, 2.45) is 4.99 Å². The molecular formula is C8H4BrN3O. The molecule has 0 aromatic carbocycles. The Morgan fingerprint density at radius 1 is 1.54 bits per heavy atom. The number of carbonyl (C=O) groups excluding carboxylic acids is 1. The molecule has 0 saturated carbocycles. The van der Waals surface area contributed by atoms with Crippen LogP contribution < -0.4 is 0 Å². The maximum atomic E-state index is 9.97.